The Hall–Kier alpha value is -0.390. The Balaban J connectivity index is 1.99. The van der Waals surface area contributed by atoms with E-state index in [1.54, 1.807) is 0 Å². The first kappa shape index (κ1) is 16.1. The lowest BCUT2D eigenvalue weighted by Gasteiger charge is -2.58. The number of aromatic hydroxyl groups is 1. The molecular formula is C18H21Br2NO2. The molecule has 1 aromatic carbocycles. The molecule has 5 heteroatoms. The van der Waals surface area contributed by atoms with Crippen molar-refractivity contribution in [1.29, 1.82) is 0 Å². The van der Waals surface area contributed by atoms with Gasteiger partial charge in [-0.3, -0.25) is 4.79 Å². The molecule has 124 valence electrons. The lowest BCUT2D eigenvalue weighted by Crippen LogP contribution is -2.62. The van der Waals surface area contributed by atoms with Gasteiger partial charge in [0.15, 0.2) is 0 Å². The molecule has 0 aromatic heterocycles. The average Bonchev–Trinajstić information content (AvgIpc) is 2.49. The second-order valence-corrected chi connectivity index (χ2v) is 9.45. The van der Waals surface area contributed by atoms with E-state index >= 15 is 0 Å². The largest absolute Gasteiger partial charge is 0.507 e. The number of piperidine rings is 1. The summed E-state index contributed by atoms with van der Waals surface area (Å²) < 4.78 is 1.08. The van der Waals surface area contributed by atoms with Crippen molar-refractivity contribution in [2.24, 2.45) is 5.92 Å². The molecule has 4 unspecified atom stereocenters. The van der Waals surface area contributed by atoms with Crippen LogP contribution >= 0.6 is 31.9 Å². The number of Topliss-reactive ketones (excluding diaryl/α,β-unsaturated/α-hetero) is 1. The molecule has 1 saturated heterocycles. The quantitative estimate of drug-likeness (QED) is 0.622. The van der Waals surface area contributed by atoms with Crippen LogP contribution in [0.5, 0.6) is 5.75 Å². The first-order valence-electron chi connectivity index (χ1n) is 8.23. The van der Waals surface area contributed by atoms with Crippen LogP contribution in [0.25, 0.3) is 0 Å². The minimum Gasteiger partial charge on any atom is -0.507 e. The number of likely N-dealkylation sites (tertiary alicyclic amines) is 1. The molecule has 1 N–H and O–H groups in total. The van der Waals surface area contributed by atoms with Crippen molar-refractivity contribution < 1.29 is 9.90 Å². The number of ketones is 1. The number of nitrogens with zero attached hydrogens (tertiary/aromatic N) is 1. The number of carbonyl (C=O) groups is 1. The van der Waals surface area contributed by atoms with Crippen molar-refractivity contribution in [3.63, 3.8) is 0 Å². The highest BCUT2D eigenvalue weighted by atomic mass is 79.9. The van der Waals surface area contributed by atoms with Gasteiger partial charge in [0.25, 0.3) is 0 Å². The number of likely N-dealkylation sites (N-methyl/N-ethyl adjacent to an activating group) is 1. The molecule has 1 heterocycles. The highest BCUT2D eigenvalue weighted by Gasteiger charge is 2.58. The van der Waals surface area contributed by atoms with E-state index in [-0.39, 0.29) is 16.0 Å². The highest BCUT2D eigenvalue weighted by molar-refractivity contribution is 9.10. The lowest BCUT2D eigenvalue weighted by atomic mass is 9.52. The fourth-order valence-electron chi connectivity index (χ4n) is 5.23. The molecule has 0 amide bonds. The number of rotatable bonds is 0. The third-order valence-electron chi connectivity index (χ3n) is 6.41. The first-order valence-corrected chi connectivity index (χ1v) is 9.94. The van der Waals surface area contributed by atoms with E-state index in [2.05, 4.69) is 43.8 Å². The average molecular weight is 443 g/mol. The van der Waals surface area contributed by atoms with Crippen LogP contribution in [-0.4, -0.2) is 40.3 Å². The van der Waals surface area contributed by atoms with Crippen LogP contribution in [0.15, 0.2) is 10.5 Å². The van der Waals surface area contributed by atoms with Crippen LogP contribution in [0, 0.1) is 12.8 Å². The molecule has 1 aliphatic heterocycles. The number of phenolic OH excluding ortho intramolecular Hbond substituents is 1. The second-order valence-electron chi connectivity index (χ2n) is 7.49. The number of fused-ring (bicyclic) bond motifs is 1. The number of alkyl halides is 1. The molecule has 0 radical (unpaired) electrons. The van der Waals surface area contributed by atoms with Gasteiger partial charge in [-0.2, -0.15) is 0 Å². The zero-order chi connectivity index (χ0) is 16.5. The van der Waals surface area contributed by atoms with Gasteiger partial charge < -0.3 is 10.0 Å². The third-order valence-corrected chi connectivity index (χ3v) is 8.00. The van der Waals surface area contributed by atoms with Crippen molar-refractivity contribution in [3.05, 3.63) is 27.2 Å². The van der Waals surface area contributed by atoms with Crippen molar-refractivity contribution in [1.82, 2.24) is 4.90 Å². The van der Waals surface area contributed by atoms with Gasteiger partial charge in [0.1, 0.15) is 11.5 Å². The number of halogens is 2. The number of hydrogen-bond donors (Lipinski definition) is 1. The third kappa shape index (κ3) is 2.12. The summed E-state index contributed by atoms with van der Waals surface area (Å²) in [6.07, 6.45) is 3.32. The summed E-state index contributed by atoms with van der Waals surface area (Å²) >= 11 is 7.30. The van der Waals surface area contributed by atoms with Crippen LogP contribution < -0.4 is 0 Å². The molecule has 2 bridgehead atoms. The summed E-state index contributed by atoms with van der Waals surface area (Å²) in [7, 11) is 2.20. The fraction of sp³-hybridized carbons (Fsp3) is 0.611. The zero-order valence-electron chi connectivity index (χ0n) is 13.4. The van der Waals surface area contributed by atoms with Gasteiger partial charge in [0, 0.05) is 27.9 Å². The van der Waals surface area contributed by atoms with Crippen LogP contribution in [0.4, 0.5) is 0 Å². The van der Waals surface area contributed by atoms with Gasteiger partial charge in [0.2, 0.25) is 0 Å². The van der Waals surface area contributed by atoms with E-state index in [1.807, 2.05) is 13.0 Å². The van der Waals surface area contributed by atoms with E-state index in [1.165, 1.54) is 5.56 Å². The lowest BCUT2D eigenvalue weighted by molar-refractivity contribution is -0.126. The van der Waals surface area contributed by atoms with E-state index in [9.17, 15) is 9.90 Å². The van der Waals surface area contributed by atoms with Gasteiger partial charge in [-0.05, 0) is 62.9 Å². The molecule has 2 aliphatic carbocycles. The molecule has 23 heavy (non-hydrogen) atoms. The maximum atomic E-state index is 12.6. The molecule has 2 fully saturated rings. The smallest absolute Gasteiger partial charge is 0.147 e. The Bertz CT molecular complexity index is 705. The molecule has 1 saturated carbocycles. The number of hydrogen-bond acceptors (Lipinski definition) is 3. The number of phenols is 1. The standard InChI is InChI=1S/C18H21Br2NO2/c1-9-5-12(19)10-6-14-11-7-13(20)15(22)8-18(11,3-4-21(14)2)16(10)17(9)23/h5,11,13-14,23H,3-4,6-8H2,1-2H3. The fourth-order valence-corrected chi connectivity index (χ4v) is 6.50. The summed E-state index contributed by atoms with van der Waals surface area (Å²) in [5.74, 6) is 1.13. The molecule has 0 spiro atoms. The van der Waals surface area contributed by atoms with E-state index in [0.717, 1.165) is 41.4 Å². The summed E-state index contributed by atoms with van der Waals surface area (Å²) in [5.41, 5.74) is 2.98. The molecule has 3 nitrogen and oxygen atoms in total. The van der Waals surface area contributed by atoms with Crippen LogP contribution in [-0.2, 0) is 16.6 Å². The minimum absolute atomic E-state index is 0.0356. The van der Waals surface area contributed by atoms with Crippen LogP contribution in [0.2, 0.25) is 0 Å². The second kappa shape index (κ2) is 5.30. The van der Waals surface area contributed by atoms with Crippen molar-refractivity contribution in [2.75, 3.05) is 13.6 Å². The highest BCUT2D eigenvalue weighted by Crippen LogP contribution is 2.59. The van der Waals surface area contributed by atoms with Crippen LogP contribution in [0.1, 0.15) is 36.0 Å². The topological polar surface area (TPSA) is 40.5 Å². The Morgan fingerprint density at radius 3 is 2.91 bits per heavy atom. The Labute approximate surface area is 153 Å². The predicted molar refractivity (Wildman–Crippen MR) is 97.4 cm³/mol. The van der Waals surface area contributed by atoms with Crippen molar-refractivity contribution in [2.45, 2.75) is 48.9 Å². The number of benzene rings is 1. The molecule has 4 rings (SSSR count). The monoisotopic (exact) mass is 441 g/mol. The first-order chi connectivity index (χ1) is 10.8. The minimum atomic E-state index is -0.190. The normalized spacial score (nSPS) is 36.5. The van der Waals surface area contributed by atoms with E-state index in [4.69, 9.17) is 0 Å². The summed E-state index contributed by atoms with van der Waals surface area (Å²) in [4.78, 5) is 15.0. The zero-order valence-corrected chi connectivity index (χ0v) is 16.6. The SMILES string of the molecule is Cc1cc(Br)c2c(c1O)C13CCN(C)C(C2)C1CC(Br)C(=O)C3. The summed E-state index contributed by atoms with van der Waals surface area (Å²) in [5, 5.41) is 10.9. The van der Waals surface area contributed by atoms with Gasteiger partial charge in [-0.1, -0.05) is 31.9 Å². The summed E-state index contributed by atoms with van der Waals surface area (Å²) in [6.45, 7) is 2.94. The van der Waals surface area contributed by atoms with Gasteiger partial charge >= 0.3 is 0 Å². The van der Waals surface area contributed by atoms with Gasteiger partial charge in [-0.25, -0.2) is 0 Å². The Morgan fingerprint density at radius 2 is 2.17 bits per heavy atom. The van der Waals surface area contributed by atoms with Crippen LogP contribution in [0.3, 0.4) is 0 Å². The maximum Gasteiger partial charge on any atom is 0.147 e. The van der Waals surface area contributed by atoms with Gasteiger partial charge in [0.05, 0.1) is 4.83 Å². The Morgan fingerprint density at radius 1 is 1.43 bits per heavy atom. The van der Waals surface area contributed by atoms with E-state index in [0.29, 0.717) is 24.1 Å². The van der Waals surface area contributed by atoms with Crippen molar-refractivity contribution >= 4 is 37.6 Å². The Kier molecular flexibility index (Phi) is 3.71. The molecule has 1 aromatic rings. The molecule has 3 aliphatic rings. The maximum absolute atomic E-state index is 12.6. The predicted octanol–water partition coefficient (Wildman–Crippen LogP) is 3.70. The molecular weight excluding hydrogens is 422 g/mol. The number of carbonyl (C=O) groups excluding carboxylic acids is 1. The van der Waals surface area contributed by atoms with Gasteiger partial charge in [-0.15, -0.1) is 0 Å². The summed E-state index contributed by atoms with van der Waals surface area (Å²) in [6, 6.07) is 2.46. The van der Waals surface area contributed by atoms with Crippen molar-refractivity contribution in [3.8, 4) is 5.75 Å². The number of aryl methyl sites for hydroxylation is 1. The molecule has 4 atom stereocenters. The van der Waals surface area contributed by atoms with E-state index < -0.39 is 0 Å².